The van der Waals surface area contributed by atoms with Crippen LogP contribution in [0.3, 0.4) is 0 Å². The lowest BCUT2D eigenvalue weighted by Gasteiger charge is -2.59. The van der Waals surface area contributed by atoms with Crippen molar-refractivity contribution in [2.45, 2.75) is 69.3 Å². The summed E-state index contributed by atoms with van der Waals surface area (Å²) < 4.78 is 13.9. The molecule has 296 valence electrons. The normalized spacial score (nSPS) is 24.4. The molecule has 1 heterocycles. The summed E-state index contributed by atoms with van der Waals surface area (Å²) >= 11 is 0. The monoisotopic (exact) mass is 765 g/mol. The van der Waals surface area contributed by atoms with Gasteiger partial charge in [0.05, 0.1) is 23.2 Å². The van der Waals surface area contributed by atoms with Gasteiger partial charge in [0.25, 0.3) is 5.69 Å². The van der Waals surface area contributed by atoms with Gasteiger partial charge in [0, 0.05) is 56.4 Å². The number of amides is 1. The molecular weight excluding hydrogens is 714 g/mol. The zero-order chi connectivity index (χ0) is 39.7. The van der Waals surface area contributed by atoms with Crippen molar-refractivity contribution in [3.8, 4) is 11.5 Å². The van der Waals surface area contributed by atoms with Gasteiger partial charge in [-0.2, -0.15) is 0 Å². The molecule has 0 saturated heterocycles. The quantitative estimate of drug-likeness (QED) is 0.0396. The Morgan fingerprint density at radius 1 is 1.05 bits per heavy atom. The Kier molecular flexibility index (Phi) is 13.4. The number of allylic oxidation sites excluding steroid dienone is 1. The van der Waals surface area contributed by atoms with Gasteiger partial charge in [-0.3, -0.25) is 14.9 Å². The summed E-state index contributed by atoms with van der Waals surface area (Å²) in [4.78, 5) is 32.6. The number of phenols is 1. The number of oxime groups is 1. The van der Waals surface area contributed by atoms with Crippen molar-refractivity contribution in [3.63, 3.8) is 0 Å². The summed E-state index contributed by atoms with van der Waals surface area (Å²) in [7, 11) is 1.70. The molecular formula is C44H51N3O9. The Hall–Kier alpha value is -5.30. The van der Waals surface area contributed by atoms with Crippen molar-refractivity contribution in [2.24, 2.45) is 22.9 Å². The third-order valence-corrected chi connectivity index (χ3v) is 11.2. The Morgan fingerprint density at radius 3 is 2.48 bits per heavy atom. The molecule has 12 heteroatoms. The van der Waals surface area contributed by atoms with Gasteiger partial charge in [-0.05, 0) is 90.6 Å². The molecule has 1 fully saturated rings. The first-order valence-electron chi connectivity index (χ1n) is 19.3. The fraction of sp³-hybridized carbons (Fsp3) is 0.409. The topological polar surface area (TPSA) is 164 Å². The number of rotatable bonds is 18. The van der Waals surface area contributed by atoms with E-state index in [-0.39, 0.29) is 67.9 Å². The minimum Gasteiger partial charge on any atom is -0.508 e. The van der Waals surface area contributed by atoms with Crippen LogP contribution in [-0.4, -0.2) is 75.5 Å². The van der Waals surface area contributed by atoms with Crippen LogP contribution in [0.5, 0.6) is 11.5 Å². The summed E-state index contributed by atoms with van der Waals surface area (Å²) in [6.07, 6.45) is 11.6. The average Bonchev–Trinajstić information content (AvgIpc) is 3.21. The standard InChI is InChI=1S/C44H51N3O9/c1-3-25-54-44-40(46(2)41(51)22-17-30-15-18-33(19-16-30)47(52)53)28-38(45-55-29-31-11-5-4-6-12-31)36-26-32(13-7-9-23-48)35(14-8-10-24-49)42(43(36)44)37-27-34(50)20-21-39(37)56-44/h3-6,11-12,15-22,26-27,32,35,40,42-43,48-50H,1,7-10,13-14,23-25,28-29H2,2H3/t32-,35+,40-,42+,43+,44+/m0/s1. The molecule has 3 N–H and O–H groups in total. The molecule has 3 aliphatic rings. The van der Waals surface area contributed by atoms with E-state index in [9.17, 15) is 30.2 Å². The first-order chi connectivity index (χ1) is 27.2. The van der Waals surface area contributed by atoms with Crippen LogP contribution >= 0.6 is 0 Å². The first kappa shape index (κ1) is 40.4. The Bertz CT molecular complexity index is 1930. The number of aromatic hydroxyl groups is 1. The van der Waals surface area contributed by atoms with Gasteiger partial charge in [-0.25, -0.2) is 0 Å². The largest absolute Gasteiger partial charge is 0.508 e. The third kappa shape index (κ3) is 8.72. The lowest BCUT2D eigenvalue weighted by atomic mass is 9.55. The molecule has 0 bridgehead atoms. The van der Waals surface area contributed by atoms with Crippen LogP contribution < -0.4 is 4.74 Å². The number of phenolic OH excluding ortho intramolecular Hbond substituents is 1. The molecule has 1 saturated carbocycles. The Labute approximate surface area is 327 Å². The second kappa shape index (κ2) is 18.6. The zero-order valence-electron chi connectivity index (χ0n) is 31.7. The van der Waals surface area contributed by atoms with Crippen molar-refractivity contribution in [1.29, 1.82) is 0 Å². The van der Waals surface area contributed by atoms with Crippen LogP contribution in [-0.2, 0) is 21.0 Å². The van der Waals surface area contributed by atoms with Crippen molar-refractivity contribution >= 4 is 23.4 Å². The Morgan fingerprint density at radius 2 is 1.79 bits per heavy atom. The summed E-state index contributed by atoms with van der Waals surface area (Å²) in [6, 6.07) is 20.1. The van der Waals surface area contributed by atoms with E-state index in [4.69, 9.17) is 19.5 Å². The van der Waals surface area contributed by atoms with Crippen molar-refractivity contribution < 1.29 is 39.3 Å². The molecule has 3 aromatic carbocycles. The van der Waals surface area contributed by atoms with E-state index in [0.29, 0.717) is 29.9 Å². The van der Waals surface area contributed by atoms with E-state index in [1.165, 1.54) is 18.2 Å². The molecule has 2 aliphatic carbocycles. The highest BCUT2D eigenvalue weighted by Crippen LogP contribution is 2.61. The lowest BCUT2D eigenvalue weighted by Crippen LogP contribution is -2.69. The van der Waals surface area contributed by atoms with Gasteiger partial charge in [-0.15, -0.1) is 6.58 Å². The van der Waals surface area contributed by atoms with E-state index < -0.39 is 22.7 Å². The van der Waals surface area contributed by atoms with Crippen LogP contribution in [0, 0.1) is 27.9 Å². The highest BCUT2D eigenvalue weighted by molar-refractivity contribution is 6.03. The summed E-state index contributed by atoms with van der Waals surface area (Å²) in [5, 5.41) is 46.4. The van der Waals surface area contributed by atoms with E-state index >= 15 is 0 Å². The number of nitro benzene ring substituents is 1. The smallest absolute Gasteiger partial charge is 0.269 e. The number of unbranched alkanes of at least 4 members (excludes halogenated alkanes) is 2. The molecule has 0 aromatic heterocycles. The molecule has 0 spiro atoms. The van der Waals surface area contributed by atoms with Crippen LogP contribution in [0.4, 0.5) is 5.69 Å². The van der Waals surface area contributed by atoms with Crippen LogP contribution in [0.15, 0.2) is 108 Å². The van der Waals surface area contributed by atoms with E-state index in [1.807, 2.05) is 30.3 Å². The minimum atomic E-state index is -1.43. The second-order valence-corrected chi connectivity index (χ2v) is 14.7. The van der Waals surface area contributed by atoms with Gasteiger partial charge >= 0.3 is 0 Å². The number of ether oxygens (including phenoxy) is 2. The van der Waals surface area contributed by atoms with E-state index in [0.717, 1.165) is 42.4 Å². The lowest BCUT2D eigenvalue weighted by molar-refractivity contribution is -0.384. The van der Waals surface area contributed by atoms with Crippen LogP contribution in [0.2, 0.25) is 0 Å². The summed E-state index contributed by atoms with van der Waals surface area (Å²) in [6.45, 7) is 4.46. The highest BCUT2D eigenvalue weighted by Gasteiger charge is 2.65. The molecule has 56 heavy (non-hydrogen) atoms. The maximum Gasteiger partial charge on any atom is 0.269 e. The number of likely N-dealkylation sites (N-methyl/N-ethyl adjacent to an activating group) is 1. The Balaban J connectivity index is 1.49. The van der Waals surface area contributed by atoms with E-state index in [1.54, 1.807) is 54.4 Å². The molecule has 3 aromatic rings. The summed E-state index contributed by atoms with van der Waals surface area (Å²) in [5.41, 5.74) is 3.90. The number of hydrogen-bond donors (Lipinski definition) is 3. The van der Waals surface area contributed by atoms with Gasteiger partial charge < -0.3 is 34.5 Å². The highest BCUT2D eigenvalue weighted by atomic mass is 16.7. The van der Waals surface area contributed by atoms with Gasteiger partial charge in [0.2, 0.25) is 11.7 Å². The number of non-ortho nitro benzene ring substituents is 1. The number of carbonyl (C=O) groups is 1. The fourth-order valence-corrected chi connectivity index (χ4v) is 8.64. The van der Waals surface area contributed by atoms with Crippen LogP contribution in [0.25, 0.3) is 6.08 Å². The minimum absolute atomic E-state index is 0.0263. The van der Waals surface area contributed by atoms with Gasteiger partial charge in [-0.1, -0.05) is 60.5 Å². The predicted octanol–water partition coefficient (Wildman–Crippen LogP) is 7.31. The fourth-order valence-electron chi connectivity index (χ4n) is 8.64. The molecule has 1 amide bonds. The number of hydrogen-bond acceptors (Lipinski definition) is 10. The van der Waals surface area contributed by atoms with E-state index in [2.05, 4.69) is 12.7 Å². The number of aliphatic hydroxyl groups is 2. The van der Waals surface area contributed by atoms with Gasteiger partial charge in [0.1, 0.15) is 24.1 Å². The SMILES string of the molecule is C=CCO[C@@]12Oc3ccc(O)cc3[C@H]3[C@H](CCCCO)[C@@H](CCCCO)C=C(C(=NOCc4ccccc4)C[C@@H]1N(C)C(=O)C=Cc1ccc([N+](=O)[O-])cc1)[C@H]32. The number of aliphatic hydroxyl groups excluding tert-OH is 2. The number of nitrogens with zero attached hydrogens (tertiary/aromatic N) is 3. The predicted molar refractivity (Wildman–Crippen MR) is 213 cm³/mol. The average molecular weight is 766 g/mol. The second-order valence-electron chi connectivity index (χ2n) is 14.7. The number of fused-ring (bicyclic) bond motifs is 2. The molecule has 0 unspecified atom stereocenters. The molecule has 6 atom stereocenters. The number of benzene rings is 3. The maximum atomic E-state index is 14.2. The molecule has 0 radical (unpaired) electrons. The number of carbonyl (C=O) groups excluding carboxylic acids is 1. The molecule has 6 rings (SSSR count). The third-order valence-electron chi connectivity index (χ3n) is 11.2. The van der Waals surface area contributed by atoms with Gasteiger partial charge in [0.15, 0.2) is 0 Å². The number of nitro groups is 1. The van der Waals surface area contributed by atoms with Crippen molar-refractivity contribution in [1.82, 2.24) is 4.90 Å². The molecule has 12 nitrogen and oxygen atoms in total. The molecule has 1 aliphatic heterocycles. The van der Waals surface area contributed by atoms with Crippen LogP contribution in [0.1, 0.15) is 67.6 Å². The van der Waals surface area contributed by atoms with Crippen molar-refractivity contribution in [3.05, 3.63) is 130 Å². The summed E-state index contributed by atoms with van der Waals surface area (Å²) in [5.74, 6) is -1.80. The maximum absolute atomic E-state index is 14.2. The first-order valence-corrected chi connectivity index (χ1v) is 19.3. The zero-order valence-corrected chi connectivity index (χ0v) is 31.7. The van der Waals surface area contributed by atoms with Crippen molar-refractivity contribution in [2.75, 3.05) is 26.9 Å².